The summed E-state index contributed by atoms with van der Waals surface area (Å²) in [5, 5.41) is 1.27. The molecular formula is C20H26N3S+. The van der Waals surface area contributed by atoms with Crippen molar-refractivity contribution < 1.29 is 4.57 Å². The molecule has 1 aliphatic rings. The molecule has 1 aromatic heterocycles. The summed E-state index contributed by atoms with van der Waals surface area (Å²) in [5.74, 6) is 0.949. The first-order valence-electron chi connectivity index (χ1n) is 8.86. The van der Waals surface area contributed by atoms with E-state index >= 15 is 0 Å². The van der Waals surface area contributed by atoms with Gasteiger partial charge in [-0.05, 0) is 24.5 Å². The molecule has 0 radical (unpaired) electrons. The first kappa shape index (κ1) is 17.0. The van der Waals surface area contributed by atoms with Crippen molar-refractivity contribution in [3.63, 3.8) is 0 Å². The summed E-state index contributed by atoms with van der Waals surface area (Å²) in [5.41, 5.74) is 1.99. The molecule has 126 valence electrons. The summed E-state index contributed by atoms with van der Waals surface area (Å²) >= 11 is 1.78. The van der Waals surface area contributed by atoms with Crippen molar-refractivity contribution in [2.45, 2.75) is 45.1 Å². The van der Waals surface area contributed by atoms with E-state index < -0.39 is 0 Å². The SMILES string of the molecule is [C-]#[N+]c1ccc2c(c1)sc(C=CN(C)C)[n+]2CCCC1CCCC1. The molecule has 0 amide bonds. The molecule has 1 aliphatic carbocycles. The third-order valence-electron chi connectivity index (χ3n) is 4.83. The fourth-order valence-electron chi connectivity index (χ4n) is 3.57. The first-order valence-corrected chi connectivity index (χ1v) is 9.67. The summed E-state index contributed by atoms with van der Waals surface area (Å²) in [4.78, 5) is 5.64. The second-order valence-corrected chi connectivity index (χ2v) is 7.99. The van der Waals surface area contributed by atoms with Crippen LogP contribution in [0.25, 0.3) is 21.1 Å². The summed E-state index contributed by atoms with van der Waals surface area (Å²) < 4.78 is 3.64. The third kappa shape index (κ3) is 3.96. The van der Waals surface area contributed by atoms with Crippen molar-refractivity contribution in [3.05, 3.63) is 40.8 Å². The smallest absolute Gasteiger partial charge is 0.264 e. The Hall–Kier alpha value is -1.86. The second kappa shape index (κ2) is 7.81. The van der Waals surface area contributed by atoms with Crippen molar-refractivity contribution in [1.29, 1.82) is 0 Å². The minimum atomic E-state index is 0.727. The van der Waals surface area contributed by atoms with E-state index in [0.29, 0.717) is 0 Å². The van der Waals surface area contributed by atoms with Gasteiger partial charge in [-0.1, -0.05) is 37.0 Å². The highest BCUT2D eigenvalue weighted by molar-refractivity contribution is 7.18. The highest BCUT2D eigenvalue weighted by atomic mass is 32.1. The minimum Gasteiger partial charge on any atom is -0.383 e. The van der Waals surface area contributed by atoms with Crippen LogP contribution in [-0.2, 0) is 6.54 Å². The van der Waals surface area contributed by atoms with Crippen molar-refractivity contribution >= 4 is 33.3 Å². The standard InChI is InChI=1S/C20H26N3S/c1-21-17-10-11-18-19(15-17)24-20(12-14-22(2)3)23(18)13-6-9-16-7-4-5-8-16/h10-12,14-16H,4-9,13H2,2-3H3/q+1. The van der Waals surface area contributed by atoms with Gasteiger partial charge in [0.1, 0.15) is 0 Å². The number of hydrogen-bond acceptors (Lipinski definition) is 2. The molecule has 0 atom stereocenters. The fourth-order valence-corrected chi connectivity index (χ4v) is 4.68. The van der Waals surface area contributed by atoms with E-state index in [4.69, 9.17) is 6.57 Å². The predicted molar refractivity (Wildman–Crippen MR) is 102 cm³/mol. The molecule has 4 heteroatoms. The zero-order valence-corrected chi connectivity index (χ0v) is 15.5. The molecule has 1 aromatic carbocycles. The van der Waals surface area contributed by atoms with Crippen LogP contribution >= 0.6 is 11.3 Å². The second-order valence-electron chi connectivity index (χ2n) is 6.93. The maximum atomic E-state index is 7.23. The van der Waals surface area contributed by atoms with Crippen molar-refractivity contribution in [3.8, 4) is 0 Å². The average Bonchev–Trinajstić information content (AvgIpc) is 3.20. The lowest BCUT2D eigenvalue weighted by molar-refractivity contribution is -0.669. The summed E-state index contributed by atoms with van der Waals surface area (Å²) in [6.07, 6.45) is 12.6. The highest BCUT2D eigenvalue weighted by Crippen LogP contribution is 2.29. The normalized spacial score (nSPS) is 15.4. The topological polar surface area (TPSA) is 11.5 Å². The molecule has 0 bridgehead atoms. The number of aryl methyl sites for hydroxylation is 1. The van der Waals surface area contributed by atoms with Gasteiger partial charge in [-0.2, -0.15) is 4.57 Å². The monoisotopic (exact) mass is 340 g/mol. The van der Waals surface area contributed by atoms with Gasteiger partial charge in [0, 0.05) is 38.9 Å². The van der Waals surface area contributed by atoms with E-state index in [0.717, 1.165) is 18.2 Å². The van der Waals surface area contributed by atoms with E-state index in [-0.39, 0.29) is 0 Å². The van der Waals surface area contributed by atoms with E-state index in [1.807, 2.05) is 26.2 Å². The number of benzene rings is 1. The molecule has 24 heavy (non-hydrogen) atoms. The lowest BCUT2D eigenvalue weighted by Crippen LogP contribution is -2.35. The van der Waals surface area contributed by atoms with Crippen LogP contribution in [0.5, 0.6) is 0 Å². The molecule has 0 N–H and O–H groups in total. The maximum Gasteiger partial charge on any atom is 0.264 e. The van der Waals surface area contributed by atoms with Gasteiger partial charge >= 0.3 is 0 Å². The Morgan fingerprint density at radius 1 is 1.33 bits per heavy atom. The lowest BCUT2D eigenvalue weighted by Gasteiger charge is -2.06. The Morgan fingerprint density at radius 2 is 2.12 bits per heavy atom. The van der Waals surface area contributed by atoms with Gasteiger partial charge in [-0.15, -0.1) is 0 Å². The van der Waals surface area contributed by atoms with Crippen LogP contribution in [0.1, 0.15) is 43.5 Å². The van der Waals surface area contributed by atoms with E-state index in [2.05, 4.69) is 32.7 Å². The number of nitrogens with zero attached hydrogens (tertiary/aromatic N) is 3. The van der Waals surface area contributed by atoms with E-state index in [1.54, 1.807) is 11.3 Å². The van der Waals surface area contributed by atoms with Gasteiger partial charge in [-0.25, -0.2) is 4.85 Å². The Bertz CT molecular complexity index is 761. The van der Waals surface area contributed by atoms with Crippen LogP contribution in [-0.4, -0.2) is 19.0 Å². The average molecular weight is 341 g/mol. The van der Waals surface area contributed by atoms with Crippen LogP contribution < -0.4 is 4.57 Å². The molecule has 3 nitrogen and oxygen atoms in total. The lowest BCUT2D eigenvalue weighted by atomic mass is 10.0. The van der Waals surface area contributed by atoms with E-state index in [9.17, 15) is 0 Å². The number of rotatable bonds is 6. The van der Waals surface area contributed by atoms with Gasteiger partial charge in [0.05, 0.1) is 11.3 Å². The maximum absolute atomic E-state index is 7.23. The Labute approximate surface area is 149 Å². The molecule has 2 aromatic rings. The van der Waals surface area contributed by atoms with Crippen LogP contribution in [0.2, 0.25) is 0 Å². The van der Waals surface area contributed by atoms with Gasteiger partial charge in [0.15, 0.2) is 12.2 Å². The first-order chi connectivity index (χ1) is 11.7. The zero-order chi connectivity index (χ0) is 16.9. The third-order valence-corrected chi connectivity index (χ3v) is 5.94. The molecule has 0 aliphatic heterocycles. The predicted octanol–water partition coefficient (Wildman–Crippen LogP) is 5.24. The number of aromatic nitrogens is 1. The van der Waals surface area contributed by atoms with Crippen LogP contribution in [0.3, 0.4) is 0 Å². The van der Waals surface area contributed by atoms with Gasteiger partial charge in [0.25, 0.3) is 5.01 Å². The largest absolute Gasteiger partial charge is 0.383 e. The molecule has 1 fully saturated rings. The van der Waals surface area contributed by atoms with Crippen LogP contribution in [0, 0.1) is 12.5 Å². The number of fused-ring (bicyclic) bond motifs is 1. The highest BCUT2D eigenvalue weighted by Gasteiger charge is 2.20. The van der Waals surface area contributed by atoms with Gasteiger partial charge < -0.3 is 4.90 Å². The Kier molecular flexibility index (Phi) is 5.52. The van der Waals surface area contributed by atoms with Crippen molar-refractivity contribution in [2.75, 3.05) is 14.1 Å². The molecule has 1 saturated carbocycles. The molecule has 0 spiro atoms. The minimum absolute atomic E-state index is 0.727. The number of hydrogen-bond donors (Lipinski definition) is 0. The van der Waals surface area contributed by atoms with Crippen molar-refractivity contribution in [1.82, 2.24) is 4.90 Å². The summed E-state index contributed by atoms with van der Waals surface area (Å²) in [7, 11) is 4.09. The van der Waals surface area contributed by atoms with Gasteiger partial charge in [-0.3, -0.25) is 0 Å². The summed E-state index contributed by atoms with van der Waals surface area (Å²) in [6.45, 7) is 8.30. The molecule has 3 rings (SSSR count). The quantitative estimate of drug-likeness (QED) is 0.517. The molecular weight excluding hydrogens is 314 g/mol. The molecule has 1 heterocycles. The van der Waals surface area contributed by atoms with Crippen molar-refractivity contribution in [2.24, 2.45) is 5.92 Å². The van der Waals surface area contributed by atoms with Crippen LogP contribution in [0.15, 0.2) is 24.4 Å². The Morgan fingerprint density at radius 3 is 2.83 bits per heavy atom. The molecule has 0 unspecified atom stereocenters. The molecule has 0 saturated heterocycles. The van der Waals surface area contributed by atoms with Gasteiger partial charge in [0.2, 0.25) is 5.52 Å². The van der Waals surface area contributed by atoms with Crippen LogP contribution in [0.4, 0.5) is 5.69 Å². The Balaban J connectivity index is 1.84. The fraction of sp³-hybridized carbons (Fsp3) is 0.500. The summed E-state index contributed by atoms with van der Waals surface area (Å²) in [6, 6.07) is 6.07. The van der Waals surface area contributed by atoms with E-state index in [1.165, 1.54) is 53.7 Å². The zero-order valence-electron chi connectivity index (χ0n) is 14.7. The number of thiazole rings is 1.